The molecular formula is C19H22ClN3O3. The van der Waals surface area contributed by atoms with Crippen molar-refractivity contribution >= 4 is 17.5 Å². The standard InChI is InChI=1S/C19H22ClN3O3/c1-12-9-15(10-13(2)19(12)20)26-11-17(24)21-7-8-23-18(25)6-5-16(22-23)14-3-4-14/h5-6,9-10,14H,3-4,7-8,11H2,1-2H3,(H,21,24). The predicted molar refractivity (Wildman–Crippen MR) is 99.9 cm³/mol. The SMILES string of the molecule is Cc1cc(OCC(=O)NCCn2nc(C3CC3)ccc2=O)cc(C)c1Cl. The Morgan fingerprint density at radius 1 is 1.31 bits per heavy atom. The van der Waals surface area contributed by atoms with Gasteiger partial charge in [-0.2, -0.15) is 5.10 Å². The van der Waals surface area contributed by atoms with Crippen LogP contribution in [0, 0.1) is 13.8 Å². The lowest BCUT2D eigenvalue weighted by Gasteiger charge is -2.11. The van der Waals surface area contributed by atoms with E-state index < -0.39 is 0 Å². The van der Waals surface area contributed by atoms with Crippen LogP contribution < -0.4 is 15.6 Å². The van der Waals surface area contributed by atoms with Crippen LogP contribution in [0.15, 0.2) is 29.1 Å². The number of benzene rings is 1. The highest BCUT2D eigenvalue weighted by Crippen LogP contribution is 2.38. The van der Waals surface area contributed by atoms with Crippen LogP contribution >= 0.6 is 11.6 Å². The van der Waals surface area contributed by atoms with Crippen molar-refractivity contribution in [1.82, 2.24) is 15.1 Å². The van der Waals surface area contributed by atoms with Crippen LogP contribution in [0.25, 0.3) is 0 Å². The molecule has 7 heteroatoms. The molecule has 2 aromatic rings. The number of carbonyl (C=O) groups is 1. The lowest BCUT2D eigenvalue weighted by atomic mass is 10.1. The van der Waals surface area contributed by atoms with E-state index in [0.717, 1.165) is 29.7 Å². The molecule has 0 atom stereocenters. The fraction of sp³-hybridized carbons (Fsp3) is 0.421. The van der Waals surface area contributed by atoms with E-state index in [-0.39, 0.29) is 18.1 Å². The maximum Gasteiger partial charge on any atom is 0.266 e. The highest BCUT2D eigenvalue weighted by molar-refractivity contribution is 6.32. The van der Waals surface area contributed by atoms with Gasteiger partial charge in [0.25, 0.3) is 11.5 Å². The summed E-state index contributed by atoms with van der Waals surface area (Å²) in [5.74, 6) is 0.840. The normalized spacial score (nSPS) is 13.5. The molecular weight excluding hydrogens is 354 g/mol. The number of aryl methyl sites for hydroxylation is 2. The van der Waals surface area contributed by atoms with E-state index in [1.165, 1.54) is 10.7 Å². The highest BCUT2D eigenvalue weighted by atomic mass is 35.5. The van der Waals surface area contributed by atoms with Crippen LogP contribution in [0.3, 0.4) is 0 Å². The zero-order valence-corrected chi connectivity index (χ0v) is 15.7. The number of nitrogens with one attached hydrogen (secondary N) is 1. The van der Waals surface area contributed by atoms with Gasteiger partial charge in [-0.15, -0.1) is 0 Å². The molecule has 1 amide bonds. The molecule has 26 heavy (non-hydrogen) atoms. The van der Waals surface area contributed by atoms with Crippen LogP contribution in [0.5, 0.6) is 5.75 Å². The van der Waals surface area contributed by atoms with Gasteiger partial charge in [0.15, 0.2) is 6.61 Å². The molecule has 0 radical (unpaired) electrons. The first-order valence-corrected chi connectivity index (χ1v) is 9.06. The van der Waals surface area contributed by atoms with Gasteiger partial charge in [0.1, 0.15) is 5.75 Å². The third-order valence-corrected chi connectivity index (χ3v) is 4.90. The second kappa shape index (κ2) is 7.91. The Balaban J connectivity index is 1.47. The zero-order valence-electron chi connectivity index (χ0n) is 14.9. The number of carbonyl (C=O) groups excluding carboxylic acids is 1. The van der Waals surface area contributed by atoms with Crippen LogP contribution in [0.4, 0.5) is 0 Å². The topological polar surface area (TPSA) is 73.2 Å². The van der Waals surface area contributed by atoms with E-state index in [2.05, 4.69) is 10.4 Å². The molecule has 0 spiro atoms. The first kappa shape index (κ1) is 18.5. The second-order valence-electron chi connectivity index (χ2n) is 6.60. The van der Waals surface area contributed by atoms with E-state index in [1.54, 1.807) is 18.2 Å². The average molecular weight is 376 g/mol. The first-order chi connectivity index (χ1) is 12.4. The lowest BCUT2D eigenvalue weighted by Crippen LogP contribution is -2.34. The number of rotatable bonds is 7. The molecule has 0 saturated heterocycles. The quantitative estimate of drug-likeness (QED) is 0.807. The number of amides is 1. The van der Waals surface area contributed by atoms with E-state index in [0.29, 0.717) is 29.8 Å². The van der Waals surface area contributed by atoms with Crippen molar-refractivity contribution in [3.8, 4) is 5.75 Å². The maximum atomic E-state index is 11.9. The Morgan fingerprint density at radius 3 is 2.65 bits per heavy atom. The van der Waals surface area contributed by atoms with Crippen LogP contribution in [-0.4, -0.2) is 28.8 Å². The largest absolute Gasteiger partial charge is 0.484 e. The van der Waals surface area contributed by atoms with Crippen LogP contribution in [0.2, 0.25) is 5.02 Å². The lowest BCUT2D eigenvalue weighted by molar-refractivity contribution is -0.123. The molecule has 1 fully saturated rings. The maximum absolute atomic E-state index is 11.9. The van der Waals surface area contributed by atoms with Crippen molar-refractivity contribution in [3.05, 3.63) is 56.5 Å². The molecule has 1 aromatic heterocycles. The van der Waals surface area contributed by atoms with Gasteiger partial charge < -0.3 is 10.1 Å². The summed E-state index contributed by atoms with van der Waals surface area (Å²) in [6.45, 7) is 4.35. The zero-order chi connectivity index (χ0) is 18.7. The fourth-order valence-corrected chi connectivity index (χ4v) is 2.82. The number of nitrogens with zero attached hydrogens (tertiary/aromatic N) is 2. The van der Waals surface area contributed by atoms with Crippen LogP contribution in [0.1, 0.15) is 35.6 Å². The summed E-state index contributed by atoms with van der Waals surface area (Å²) in [5.41, 5.74) is 2.60. The monoisotopic (exact) mass is 375 g/mol. The minimum Gasteiger partial charge on any atom is -0.484 e. The van der Waals surface area contributed by atoms with Crippen molar-refractivity contribution in [2.75, 3.05) is 13.2 Å². The number of hydrogen-bond donors (Lipinski definition) is 1. The van der Waals surface area contributed by atoms with Gasteiger partial charge in [-0.1, -0.05) is 11.6 Å². The summed E-state index contributed by atoms with van der Waals surface area (Å²) in [7, 11) is 0. The van der Waals surface area contributed by atoms with Crippen molar-refractivity contribution < 1.29 is 9.53 Å². The molecule has 1 saturated carbocycles. The third kappa shape index (κ3) is 4.64. The molecule has 138 valence electrons. The van der Waals surface area contributed by atoms with Gasteiger partial charge >= 0.3 is 0 Å². The smallest absolute Gasteiger partial charge is 0.266 e. The number of aromatic nitrogens is 2. The Morgan fingerprint density at radius 2 is 2.00 bits per heavy atom. The molecule has 1 aliphatic carbocycles. The summed E-state index contributed by atoms with van der Waals surface area (Å²) in [6, 6.07) is 6.93. The van der Waals surface area contributed by atoms with Crippen molar-refractivity contribution in [1.29, 1.82) is 0 Å². The van der Waals surface area contributed by atoms with Crippen molar-refractivity contribution in [2.45, 2.75) is 39.2 Å². The van der Waals surface area contributed by atoms with Crippen molar-refractivity contribution in [3.63, 3.8) is 0 Å². The second-order valence-corrected chi connectivity index (χ2v) is 6.98. The third-order valence-electron chi connectivity index (χ3n) is 4.31. The summed E-state index contributed by atoms with van der Waals surface area (Å²) >= 11 is 6.12. The van der Waals surface area contributed by atoms with E-state index in [4.69, 9.17) is 16.3 Å². The average Bonchev–Trinajstić information content (AvgIpc) is 3.44. The van der Waals surface area contributed by atoms with Gasteiger partial charge in [-0.3, -0.25) is 9.59 Å². The summed E-state index contributed by atoms with van der Waals surface area (Å²) < 4.78 is 6.92. The van der Waals surface area contributed by atoms with Crippen LogP contribution in [-0.2, 0) is 11.3 Å². The van der Waals surface area contributed by atoms with Crippen molar-refractivity contribution in [2.24, 2.45) is 0 Å². The Bertz CT molecular complexity index is 852. The Kier molecular flexibility index (Phi) is 5.61. The molecule has 1 N–H and O–H groups in total. The number of ether oxygens (including phenoxy) is 1. The molecule has 6 nitrogen and oxygen atoms in total. The van der Waals surface area contributed by atoms with E-state index in [1.807, 2.05) is 13.8 Å². The minimum absolute atomic E-state index is 0.0923. The minimum atomic E-state index is -0.248. The first-order valence-electron chi connectivity index (χ1n) is 8.68. The van der Waals surface area contributed by atoms with E-state index >= 15 is 0 Å². The van der Waals surface area contributed by atoms with Gasteiger partial charge in [-0.05, 0) is 56.0 Å². The predicted octanol–water partition coefficient (Wildman–Crippen LogP) is 2.59. The molecule has 1 aliphatic rings. The molecule has 0 bridgehead atoms. The molecule has 0 unspecified atom stereocenters. The van der Waals surface area contributed by atoms with Gasteiger partial charge in [0.2, 0.25) is 0 Å². The fourth-order valence-electron chi connectivity index (χ4n) is 2.71. The Labute approximate surface area is 157 Å². The Hall–Kier alpha value is -2.34. The molecule has 3 rings (SSSR count). The summed E-state index contributed by atoms with van der Waals surface area (Å²) in [6.07, 6.45) is 2.26. The van der Waals surface area contributed by atoms with Gasteiger partial charge in [0, 0.05) is 23.6 Å². The number of hydrogen-bond acceptors (Lipinski definition) is 4. The molecule has 0 aliphatic heterocycles. The highest BCUT2D eigenvalue weighted by Gasteiger charge is 2.25. The molecule has 1 heterocycles. The van der Waals surface area contributed by atoms with Gasteiger partial charge in [-0.25, -0.2) is 4.68 Å². The van der Waals surface area contributed by atoms with E-state index in [9.17, 15) is 9.59 Å². The summed E-state index contributed by atoms with van der Waals surface area (Å²) in [4.78, 5) is 23.8. The molecule has 1 aromatic carbocycles. The summed E-state index contributed by atoms with van der Waals surface area (Å²) in [5, 5.41) is 7.81. The van der Waals surface area contributed by atoms with Gasteiger partial charge in [0.05, 0.1) is 12.2 Å². The number of halogens is 1.